The zero-order valence-corrected chi connectivity index (χ0v) is 15.7. The standard InChI is InChI=1S/C10H6O.C9H14BrNS/c1-2-4-8-7(3-1)5-6-9-10(8)11-9;1-11(2)6-5-8(10)9-4-3-7-12-9/h1-6H;3-4,7-8H,5-6H2,1-2H3. The molecule has 0 saturated carbocycles. The van der Waals surface area contributed by atoms with Crippen LogP contribution in [0.2, 0.25) is 0 Å². The van der Waals surface area contributed by atoms with Crippen LogP contribution < -0.4 is 4.74 Å². The SMILES string of the molecule is CN(C)CCC(Br)c1cccs1.c1ccc2c3c(ccc2c1)O3. The molecular formula is C19H20BrNOS. The number of hydrogen-bond donors (Lipinski definition) is 0. The van der Waals surface area contributed by atoms with Crippen molar-refractivity contribution in [2.45, 2.75) is 11.2 Å². The van der Waals surface area contributed by atoms with Crippen molar-refractivity contribution in [3.8, 4) is 11.5 Å². The Morgan fingerprint density at radius 2 is 1.91 bits per heavy atom. The Hall–Kier alpha value is -1.36. The number of ether oxygens (including phenoxy) is 1. The van der Waals surface area contributed by atoms with Crippen LogP contribution >= 0.6 is 27.3 Å². The van der Waals surface area contributed by atoms with E-state index in [1.54, 1.807) is 0 Å². The molecule has 1 unspecified atom stereocenters. The summed E-state index contributed by atoms with van der Waals surface area (Å²) in [6.07, 6.45) is 1.17. The summed E-state index contributed by atoms with van der Waals surface area (Å²) in [7, 11) is 4.21. The van der Waals surface area contributed by atoms with Crippen LogP contribution in [0, 0.1) is 0 Å². The average Bonchev–Trinajstić information content (AvgIpc) is 3.17. The lowest BCUT2D eigenvalue weighted by Crippen LogP contribution is -2.14. The fraction of sp³-hybridized carbons (Fsp3) is 0.263. The van der Waals surface area contributed by atoms with Gasteiger partial charge in [0, 0.05) is 10.3 Å². The Morgan fingerprint density at radius 3 is 2.65 bits per heavy atom. The predicted octanol–water partition coefficient (Wildman–Crippen LogP) is 6.08. The van der Waals surface area contributed by atoms with Crippen molar-refractivity contribution in [1.82, 2.24) is 4.90 Å². The van der Waals surface area contributed by atoms with E-state index in [0.717, 1.165) is 18.0 Å². The second kappa shape index (κ2) is 7.47. The topological polar surface area (TPSA) is 15.8 Å². The highest BCUT2D eigenvalue weighted by Gasteiger charge is 2.21. The maximum absolute atomic E-state index is 5.25. The second-order valence-corrected chi connectivity index (χ2v) is 7.88. The van der Waals surface area contributed by atoms with Crippen LogP contribution in [0.5, 0.6) is 11.5 Å². The Kier molecular flexibility index (Phi) is 5.36. The van der Waals surface area contributed by atoms with Gasteiger partial charge in [-0.05, 0) is 50.0 Å². The molecule has 0 aliphatic carbocycles. The maximum Gasteiger partial charge on any atom is 0.177 e. The monoisotopic (exact) mass is 389 g/mol. The highest BCUT2D eigenvalue weighted by molar-refractivity contribution is 9.09. The van der Waals surface area contributed by atoms with Crippen LogP contribution in [0.1, 0.15) is 16.1 Å². The number of alkyl halides is 1. The van der Waals surface area contributed by atoms with Crippen LogP contribution in [-0.2, 0) is 0 Å². The molecule has 23 heavy (non-hydrogen) atoms. The highest BCUT2D eigenvalue weighted by atomic mass is 79.9. The van der Waals surface area contributed by atoms with Gasteiger partial charge in [0.2, 0.25) is 0 Å². The van der Waals surface area contributed by atoms with Crippen molar-refractivity contribution in [2.75, 3.05) is 20.6 Å². The summed E-state index contributed by atoms with van der Waals surface area (Å²) >= 11 is 5.49. The average molecular weight is 390 g/mol. The first-order valence-electron chi connectivity index (χ1n) is 7.67. The van der Waals surface area contributed by atoms with Gasteiger partial charge in [-0.25, -0.2) is 0 Å². The van der Waals surface area contributed by atoms with Crippen molar-refractivity contribution in [1.29, 1.82) is 0 Å². The molecule has 0 saturated heterocycles. The third kappa shape index (κ3) is 4.34. The van der Waals surface area contributed by atoms with Gasteiger partial charge in [-0.15, -0.1) is 11.3 Å². The zero-order chi connectivity index (χ0) is 16.2. The van der Waals surface area contributed by atoms with Gasteiger partial charge in [0.1, 0.15) is 0 Å². The van der Waals surface area contributed by atoms with Crippen LogP contribution in [0.25, 0.3) is 10.8 Å². The lowest BCUT2D eigenvalue weighted by atomic mass is 10.1. The molecule has 4 rings (SSSR count). The number of hydrogen-bond acceptors (Lipinski definition) is 3. The van der Waals surface area contributed by atoms with E-state index in [1.807, 2.05) is 29.5 Å². The molecule has 2 heterocycles. The van der Waals surface area contributed by atoms with E-state index < -0.39 is 0 Å². The summed E-state index contributed by atoms with van der Waals surface area (Å²) in [6, 6.07) is 16.6. The van der Waals surface area contributed by atoms with Crippen molar-refractivity contribution in [3.63, 3.8) is 0 Å². The van der Waals surface area contributed by atoms with Gasteiger partial charge in [-0.2, -0.15) is 0 Å². The van der Waals surface area contributed by atoms with E-state index in [4.69, 9.17) is 4.74 Å². The number of halogens is 1. The minimum atomic E-state index is 0.528. The summed E-state index contributed by atoms with van der Waals surface area (Å²) in [4.78, 5) is 4.17. The number of rotatable bonds is 4. The quantitative estimate of drug-likeness (QED) is 0.310. The van der Waals surface area contributed by atoms with Crippen LogP contribution in [0.4, 0.5) is 0 Å². The summed E-state index contributed by atoms with van der Waals surface area (Å²) < 4.78 is 5.25. The van der Waals surface area contributed by atoms with E-state index in [1.165, 1.54) is 22.1 Å². The fourth-order valence-corrected chi connectivity index (χ4v) is 3.80. The van der Waals surface area contributed by atoms with Gasteiger partial charge < -0.3 is 9.64 Å². The third-order valence-corrected chi connectivity index (χ3v) is 5.94. The largest absolute Gasteiger partial charge is 0.449 e. The van der Waals surface area contributed by atoms with Gasteiger partial charge in [0.25, 0.3) is 0 Å². The van der Waals surface area contributed by atoms with Gasteiger partial charge in [0.05, 0.1) is 4.83 Å². The molecule has 0 bridgehead atoms. The normalized spacial score (nSPS) is 13.0. The van der Waals surface area contributed by atoms with E-state index >= 15 is 0 Å². The van der Waals surface area contributed by atoms with E-state index in [2.05, 4.69) is 70.6 Å². The molecule has 120 valence electrons. The molecule has 1 aliphatic heterocycles. The first-order valence-corrected chi connectivity index (χ1v) is 9.46. The summed E-state index contributed by atoms with van der Waals surface area (Å²) in [5.41, 5.74) is 0. The Balaban J connectivity index is 0.000000136. The smallest absolute Gasteiger partial charge is 0.177 e. The first-order chi connectivity index (χ1) is 11.1. The van der Waals surface area contributed by atoms with Crippen LogP contribution in [0.15, 0.2) is 53.9 Å². The zero-order valence-electron chi connectivity index (χ0n) is 13.3. The molecule has 3 aromatic rings. The van der Waals surface area contributed by atoms with E-state index in [9.17, 15) is 0 Å². The van der Waals surface area contributed by atoms with E-state index in [-0.39, 0.29) is 0 Å². The van der Waals surface area contributed by atoms with Gasteiger partial charge in [-0.3, -0.25) is 0 Å². The minimum absolute atomic E-state index is 0.528. The Bertz CT molecular complexity index is 770. The summed E-state index contributed by atoms with van der Waals surface area (Å²) in [6.45, 7) is 1.13. The Morgan fingerprint density at radius 1 is 1.09 bits per heavy atom. The molecule has 0 N–H and O–H groups in total. The van der Waals surface area contributed by atoms with Crippen molar-refractivity contribution >= 4 is 38.0 Å². The summed E-state index contributed by atoms with van der Waals surface area (Å²) in [5.74, 6) is 2.09. The molecule has 1 aromatic heterocycles. The molecule has 0 spiro atoms. The molecule has 4 heteroatoms. The molecule has 2 nitrogen and oxygen atoms in total. The molecule has 0 fully saturated rings. The van der Waals surface area contributed by atoms with Crippen molar-refractivity contribution in [2.24, 2.45) is 0 Å². The van der Waals surface area contributed by atoms with E-state index in [0.29, 0.717) is 4.83 Å². The highest BCUT2D eigenvalue weighted by Crippen LogP contribution is 2.50. The van der Waals surface area contributed by atoms with Crippen molar-refractivity contribution in [3.05, 3.63) is 58.8 Å². The van der Waals surface area contributed by atoms with Gasteiger partial charge >= 0.3 is 0 Å². The lowest BCUT2D eigenvalue weighted by molar-refractivity contribution is 0.400. The molecule has 1 atom stereocenters. The number of thiophene rings is 1. The molecular weight excluding hydrogens is 370 g/mol. The first kappa shape index (κ1) is 16.5. The van der Waals surface area contributed by atoms with Gasteiger partial charge in [0.15, 0.2) is 11.5 Å². The number of benzene rings is 2. The van der Waals surface area contributed by atoms with Crippen LogP contribution in [-0.4, -0.2) is 25.5 Å². The number of nitrogens with zero attached hydrogens (tertiary/aromatic N) is 1. The molecule has 1 aliphatic rings. The predicted molar refractivity (Wildman–Crippen MR) is 103 cm³/mol. The number of fused-ring (bicyclic) bond motifs is 3. The van der Waals surface area contributed by atoms with Crippen molar-refractivity contribution < 1.29 is 4.74 Å². The Labute approximate surface area is 149 Å². The summed E-state index contributed by atoms with van der Waals surface area (Å²) in [5, 5.41) is 4.60. The second-order valence-electron chi connectivity index (χ2n) is 5.79. The molecule has 2 aromatic carbocycles. The third-order valence-electron chi connectivity index (χ3n) is 3.70. The van der Waals surface area contributed by atoms with Gasteiger partial charge in [-0.1, -0.05) is 52.3 Å². The lowest BCUT2D eigenvalue weighted by Gasteiger charge is -2.12. The fourth-order valence-electron chi connectivity index (χ4n) is 2.38. The maximum atomic E-state index is 5.25. The minimum Gasteiger partial charge on any atom is -0.449 e. The molecule has 0 radical (unpaired) electrons. The van der Waals surface area contributed by atoms with Crippen LogP contribution in [0.3, 0.4) is 0 Å². The molecule has 0 amide bonds.